The van der Waals surface area contributed by atoms with Crippen LogP contribution in [0.25, 0.3) is 17.3 Å². The number of thiazole rings is 1. The SMILES string of the molecule is CCC(CC)OCc1cccc(-c2csc(NC(=O)c3cc(Cl)c(C=C(C)C(=O)O)c(Cl)c3)n2)c1OC. The average Bonchev–Trinajstić information content (AvgIpc) is 3.34. The van der Waals surface area contributed by atoms with Crippen LogP contribution in [0.3, 0.4) is 0 Å². The molecule has 1 heterocycles. The Labute approximate surface area is 230 Å². The summed E-state index contributed by atoms with van der Waals surface area (Å²) in [5, 5.41) is 14.4. The highest BCUT2D eigenvalue weighted by Gasteiger charge is 2.18. The maximum absolute atomic E-state index is 12.9. The molecule has 1 aromatic heterocycles. The van der Waals surface area contributed by atoms with Gasteiger partial charge in [0, 0.05) is 33.2 Å². The summed E-state index contributed by atoms with van der Waals surface area (Å²) in [6, 6.07) is 8.66. The van der Waals surface area contributed by atoms with Crippen molar-refractivity contribution in [2.24, 2.45) is 0 Å². The Morgan fingerprint density at radius 1 is 1.19 bits per heavy atom. The number of amides is 1. The van der Waals surface area contributed by atoms with Gasteiger partial charge in [-0.1, -0.05) is 49.2 Å². The Bertz CT molecular complexity index is 1290. The van der Waals surface area contributed by atoms with Crippen LogP contribution in [-0.4, -0.2) is 35.2 Å². The van der Waals surface area contributed by atoms with Crippen LogP contribution in [0.1, 0.15) is 55.1 Å². The number of aromatic nitrogens is 1. The van der Waals surface area contributed by atoms with E-state index in [1.165, 1.54) is 36.5 Å². The van der Waals surface area contributed by atoms with Gasteiger partial charge in [0.15, 0.2) is 5.13 Å². The molecule has 0 unspecified atom stereocenters. The second-order valence-corrected chi connectivity index (χ2v) is 9.90. The molecule has 0 bridgehead atoms. The fraction of sp³-hybridized carbons (Fsp3) is 0.296. The highest BCUT2D eigenvalue weighted by molar-refractivity contribution is 7.14. The van der Waals surface area contributed by atoms with Crippen molar-refractivity contribution in [1.29, 1.82) is 0 Å². The van der Waals surface area contributed by atoms with Crippen LogP contribution in [0.5, 0.6) is 5.75 Å². The standard InChI is InChI=1S/C27H28Cl2N2O5S/c1-5-18(6-2)36-13-16-8-7-9-19(24(16)35-4)23-14-37-27(30-23)31-25(32)17-11-21(28)20(22(29)12-17)10-15(3)26(33)34/h7-12,14,18H,5-6,13H2,1-4H3,(H,33,34)(H,30,31,32). The van der Waals surface area contributed by atoms with Crippen molar-refractivity contribution in [2.75, 3.05) is 12.4 Å². The summed E-state index contributed by atoms with van der Waals surface area (Å²) in [6.45, 7) is 6.05. The highest BCUT2D eigenvalue weighted by Crippen LogP contribution is 2.36. The van der Waals surface area contributed by atoms with Crippen molar-refractivity contribution in [2.45, 2.75) is 46.3 Å². The molecule has 0 spiro atoms. The number of ether oxygens (including phenoxy) is 2. The number of rotatable bonds is 11. The lowest BCUT2D eigenvalue weighted by Gasteiger charge is -2.17. The van der Waals surface area contributed by atoms with Crippen LogP contribution in [0.4, 0.5) is 5.13 Å². The number of carboxylic acid groups (broad SMARTS) is 1. The van der Waals surface area contributed by atoms with E-state index in [0.717, 1.165) is 24.0 Å². The molecule has 2 N–H and O–H groups in total. The molecule has 0 aliphatic rings. The van der Waals surface area contributed by atoms with E-state index >= 15 is 0 Å². The molecule has 0 aliphatic carbocycles. The Kier molecular flexibility index (Phi) is 10.1. The summed E-state index contributed by atoms with van der Waals surface area (Å²) in [5.74, 6) is -0.862. The van der Waals surface area contributed by atoms with E-state index in [1.807, 2.05) is 23.6 Å². The second-order valence-electron chi connectivity index (χ2n) is 8.23. The highest BCUT2D eigenvalue weighted by atomic mass is 35.5. The molecule has 7 nitrogen and oxygen atoms in total. The van der Waals surface area contributed by atoms with Crippen molar-refractivity contribution < 1.29 is 24.2 Å². The number of carbonyl (C=O) groups excluding carboxylic acids is 1. The van der Waals surface area contributed by atoms with Crippen LogP contribution >= 0.6 is 34.5 Å². The first-order valence-electron chi connectivity index (χ1n) is 11.6. The van der Waals surface area contributed by atoms with E-state index in [4.69, 9.17) is 37.8 Å². The predicted molar refractivity (Wildman–Crippen MR) is 149 cm³/mol. The number of nitrogens with one attached hydrogen (secondary N) is 1. The summed E-state index contributed by atoms with van der Waals surface area (Å²) in [4.78, 5) is 28.6. The number of hydrogen-bond acceptors (Lipinski definition) is 6. The van der Waals surface area contributed by atoms with Crippen LogP contribution < -0.4 is 10.1 Å². The molecule has 0 saturated heterocycles. The number of nitrogens with zero attached hydrogens (tertiary/aromatic N) is 1. The number of para-hydroxylation sites is 1. The number of carboxylic acids is 1. The predicted octanol–water partition coefficient (Wildman–Crippen LogP) is 7.57. The van der Waals surface area contributed by atoms with Gasteiger partial charge in [-0.2, -0.15) is 0 Å². The van der Waals surface area contributed by atoms with Crippen LogP contribution in [0, 0.1) is 0 Å². The van der Waals surface area contributed by atoms with Gasteiger partial charge in [-0.3, -0.25) is 10.1 Å². The van der Waals surface area contributed by atoms with Gasteiger partial charge in [0.1, 0.15) is 5.75 Å². The van der Waals surface area contributed by atoms with E-state index in [1.54, 1.807) is 7.11 Å². The Hall–Kier alpha value is -2.91. The van der Waals surface area contributed by atoms with Gasteiger partial charge >= 0.3 is 5.97 Å². The minimum absolute atomic E-state index is 0.0675. The second kappa shape index (κ2) is 13.1. The Morgan fingerprint density at radius 3 is 2.46 bits per heavy atom. The molecule has 10 heteroatoms. The molecule has 3 aromatic rings. The fourth-order valence-corrected chi connectivity index (χ4v) is 4.93. The normalized spacial score (nSPS) is 11.6. The third-order valence-corrected chi connectivity index (χ3v) is 7.11. The number of hydrogen-bond donors (Lipinski definition) is 2. The van der Waals surface area contributed by atoms with Gasteiger partial charge in [-0.15, -0.1) is 11.3 Å². The van der Waals surface area contributed by atoms with Crippen LogP contribution in [-0.2, 0) is 16.1 Å². The Morgan fingerprint density at radius 2 is 1.86 bits per heavy atom. The van der Waals surface area contributed by atoms with Crippen molar-refractivity contribution in [3.05, 3.63) is 68.0 Å². The van der Waals surface area contributed by atoms with Crippen molar-refractivity contribution in [1.82, 2.24) is 4.98 Å². The molecule has 0 saturated carbocycles. The molecular weight excluding hydrogens is 535 g/mol. The van der Waals surface area contributed by atoms with Gasteiger partial charge in [0.25, 0.3) is 5.91 Å². The van der Waals surface area contributed by atoms with E-state index < -0.39 is 11.9 Å². The first-order chi connectivity index (χ1) is 17.7. The Balaban J connectivity index is 1.81. The summed E-state index contributed by atoms with van der Waals surface area (Å²) < 4.78 is 11.7. The fourth-order valence-electron chi connectivity index (χ4n) is 3.63. The van der Waals surface area contributed by atoms with Gasteiger partial charge < -0.3 is 14.6 Å². The molecule has 2 aromatic carbocycles. The van der Waals surface area contributed by atoms with Crippen LogP contribution in [0.15, 0.2) is 41.3 Å². The van der Waals surface area contributed by atoms with E-state index in [-0.39, 0.29) is 27.3 Å². The molecule has 3 rings (SSSR count). The zero-order chi connectivity index (χ0) is 27.1. The number of anilines is 1. The van der Waals surface area contributed by atoms with Crippen molar-refractivity contribution in [3.63, 3.8) is 0 Å². The van der Waals surface area contributed by atoms with E-state index in [9.17, 15) is 9.59 Å². The quantitative estimate of drug-likeness (QED) is 0.234. The lowest BCUT2D eigenvalue weighted by atomic mass is 10.1. The van der Waals surface area contributed by atoms with Gasteiger partial charge in [-0.05, 0) is 44.0 Å². The summed E-state index contributed by atoms with van der Waals surface area (Å²) in [6.07, 6.45) is 3.42. The monoisotopic (exact) mass is 562 g/mol. The number of carbonyl (C=O) groups is 2. The van der Waals surface area contributed by atoms with E-state index in [2.05, 4.69) is 24.1 Å². The first-order valence-corrected chi connectivity index (χ1v) is 13.3. The minimum Gasteiger partial charge on any atom is -0.496 e. The molecule has 0 fully saturated rings. The van der Waals surface area contributed by atoms with Gasteiger partial charge in [-0.25, -0.2) is 9.78 Å². The number of benzene rings is 2. The number of methoxy groups -OCH3 is 1. The molecule has 1 amide bonds. The number of halogens is 2. The maximum Gasteiger partial charge on any atom is 0.331 e. The molecule has 0 aliphatic heterocycles. The minimum atomic E-state index is -1.09. The average molecular weight is 564 g/mol. The summed E-state index contributed by atoms with van der Waals surface area (Å²) >= 11 is 13.8. The van der Waals surface area contributed by atoms with Crippen molar-refractivity contribution >= 4 is 57.6 Å². The lowest BCUT2D eigenvalue weighted by molar-refractivity contribution is -0.132. The third-order valence-electron chi connectivity index (χ3n) is 5.73. The lowest BCUT2D eigenvalue weighted by Crippen LogP contribution is -2.12. The van der Waals surface area contributed by atoms with Crippen molar-refractivity contribution in [3.8, 4) is 17.0 Å². The zero-order valence-electron chi connectivity index (χ0n) is 20.9. The summed E-state index contributed by atoms with van der Waals surface area (Å²) in [5.41, 5.74) is 2.98. The largest absolute Gasteiger partial charge is 0.496 e. The smallest absolute Gasteiger partial charge is 0.331 e. The topological polar surface area (TPSA) is 97.8 Å². The van der Waals surface area contributed by atoms with Gasteiger partial charge in [0.05, 0.1) is 35.6 Å². The molecule has 196 valence electrons. The van der Waals surface area contributed by atoms with E-state index in [0.29, 0.717) is 28.7 Å². The third kappa shape index (κ3) is 7.11. The van der Waals surface area contributed by atoms with Crippen LogP contribution in [0.2, 0.25) is 10.0 Å². The molecule has 0 atom stereocenters. The number of aliphatic carboxylic acids is 1. The maximum atomic E-state index is 12.9. The first kappa shape index (κ1) is 28.7. The summed E-state index contributed by atoms with van der Waals surface area (Å²) in [7, 11) is 1.61. The zero-order valence-corrected chi connectivity index (χ0v) is 23.3. The molecule has 37 heavy (non-hydrogen) atoms. The molecule has 0 radical (unpaired) electrons. The molecular formula is C27H28Cl2N2O5S. The van der Waals surface area contributed by atoms with Gasteiger partial charge in [0.2, 0.25) is 0 Å².